The molecule has 180 valence electrons. The van der Waals surface area contributed by atoms with Crippen molar-refractivity contribution in [2.45, 2.75) is 13.5 Å². The maximum absolute atomic E-state index is 13.9. The maximum atomic E-state index is 13.9. The monoisotopic (exact) mass is 500 g/mol. The third kappa shape index (κ3) is 4.65. The Bertz CT molecular complexity index is 1460. The number of hydrazone groups is 1. The number of amidine groups is 2. The number of halogens is 1. The van der Waals surface area contributed by atoms with Gasteiger partial charge in [-0.05, 0) is 48.5 Å². The molecule has 0 aromatic heterocycles. The van der Waals surface area contributed by atoms with E-state index in [-0.39, 0.29) is 23.8 Å². The molecule has 2 heterocycles. The van der Waals surface area contributed by atoms with E-state index in [1.165, 1.54) is 29.9 Å². The molecular formula is C27H21FN4O3S. The van der Waals surface area contributed by atoms with Crippen molar-refractivity contribution >= 4 is 39.8 Å². The number of methoxy groups -OCH3 is 1. The lowest BCUT2D eigenvalue weighted by Gasteiger charge is -2.20. The summed E-state index contributed by atoms with van der Waals surface area (Å²) in [6, 6.07) is 19.3. The summed E-state index contributed by atoms with van der Waals surface area (Å²) >= 11 is 1.26. The molecule has 0 unspecified atom stereocenters. The minimum Gasteiger partial charge on any atom is -0.493 e. The molecule has 0 atom stereocenters. The number of hydrogen-bond acceptors (Lipinski definition) is 6. The SMILES string of the molecule is COc1cc(/C=C2\C(=N)N3N=C(c4ccc(C)cc4)SC3=NC2=O)ccc1OCc1ccccc1F. The predicted molar refractivity (Wildman–Crippen MR) is 139 cm³/mol. The highest BCUT2D eigenvalue weighted by molar-refractivity contribution is 8.27. The van der Waals surface area contributed by atoms with Crippen LogP contribution in [-0.2, 0) is 11.4 Å². The number of carbonyl (C=O) groups excluding carboxylic acids is 1. The van der Waals surface area contributed by atoms with Crippen LogP contribution in [0.1, 0.15) is 22.3 Å². The van der Waals surface area contributed by atoms with E-state index in [0.29, 0.717) is 32.8 Å². The molecule has 0 aliphatic carbocycles. The number of nitrogens with zero attached hydrogens (tertiary/aromatic N) is 3. The van der Waals surface area contributed by atoms with Gasteiger partial charge in [0.25, 0.3) is 5.91 Å². The van der Waals surface area contributed by atoms with Gasteiger partial charge in [-0.1, -0.05) is 54.1 Å². The van der Waals surface area contributed by atoms with Gasteiger partial charge < -0.3 is 9.47 Å². The quantitative estimate of drug-likeness (QED) is 0.459. The molecule has 0 fully saturated rings. The van der Waals surface area contributed by atoms with Crippen LogP contribution in [0.25, 0.3) is 6.08 Å². The largest absolute Gasteiger partial charge is 0.493 e. The lowest BCUT2D eigenvalue weighted by atomic mass is 10.1. The van der Waals surface area contributed by atoms with Crippen LogP contribution in [0.3, 0.4) is 0 Å². The highest BCUT2D eigenvalue weighted by atomic mass is 32.2. The summed E-state index contributed by atoms with van der Waals surface area (Å²) in [6.07, 6.45) is 1.57. The average molecular weight is 501 g/mol. The number of benzene rings is 3. The van der Waals surface area contributed by atoms with Gasteiger partial charge in [0.1, 0.15) is 17.5 Å². The molecule has 3 aromatic carbocycles. The first-order valence-corrected chi connectivity index (χ1v) is 11.9. The van der Waals surface area contributed by atoms with E-state index in [1.54, 1.807) is 42.5 Å². The third-order valence-electron chi connectivity index (χ3n) is 5.59. The topological polar surface area (TPSA) is 87.3 Å². The molecule has 2 aliphatic rings. The molecule has 1 N–H and O–H groups in total. The van der Waals surface area contributed by atoms with Crippen molar-refractivity contribution in [1.29, 1.82) is 5.41 Å². The fourth-order valence-electron chi connectivity index (χ4n) is 3.64. The van der Waals surface area contributed by atoms with E-state index in [9.17, 15) is 9.18 Å². The summed E-state index contributed by atoms with van der Waals surface area (Å²) < 4.78 is 25.1. The number of aliphatic imine (C=N–C) groups is 1. The van der Waals surface area contributed by atoms with Crippen LogP contribution in [0.15, 0.2) is 82.4 Å². The van der Waals surface area contributed by atoms with Gasteiger partial charge in [-0.15, -0.1) is 0 Å². The second-order valence-electron chi connectivity index (χ2n) is 8.08. The van der Waals surface area contributed by atoms with Crippen molar-refractivity contribution in [3.05, 3.63) is 100 Å². The number of fused-ring (bicyclic) bond motifs is 1. The summed E-state index contributed by atoms with van der Waals surface area (Å²) in [4.78, 5) is 16.9. The van der Waals surface area contributed by atoms with Gasteiger partial charge in [0.05, 0.1) is 12.7 Å². The Hall–Kier alpha value is -4.24. The number of ether oxygens (including phenoxy) is 2. The van der Waals surface area contributed by atoms with Crippen LogP contribution in [0, 0.1) is 18.2 Å². The number of carbonyl (C=O) groups is 1. The molecule has 0 saturated carbocycles. The molecule has 5 rings (SSSR count). The van der Waals surface area contributed by atoms with Crippen molar-refractivity contribution in [2.75, 3.05) is 7.11 Å². The average Bonchev–Trinajstić information content (AvgIpc) is 3.31. The van der Waals surface area contributed by atoms with Gasteiger partial charge in [0.2, 0.25) is 5.17 Å². The van der Waals surface area contributed by atoms with Crippen LogP contribution in [-0.4, -0.2) is 34.1 Å². The molecule has 3 aromatic rings. The van der Waals surface area contributed by atoms with Crippen molar-refractivity contribution in [1.82, 2.24) is 5.01 Å². The molecule has 7 nitrogen and oxygen atoms in total. The van der Waals surface area contributed by atoms with E-state index in [4.69, 9.17) is 14.9 Å². The first-order chi connectivity index (χ1) is 17.4. The van der Waals surface area contributed by atoms with Crippen molar-refractivity contribution in [3.63, 3.8) is 0 Å². The molecule has 1 amide bonds. The molecule has 2 aliphatic heterocycles. The number of nitrogens with one attached hydrogen (secondary N) is 1. The molecule has 9 heteroatoms. The molecule has 0 spiro atoms. The summed E-state index contributed by atoms with van der Waals surface area (Å²) in [7, 11) is 1.50. The molecule has 0 bridgehead atoms. The smallest absolute Gasteiger partial charge is 0.283 e. The molecule has 0 saturated heterocycles. The first kappa shape index (κ1) is 23.5. The second-order valence-corrected chi connectivity index (χ2v) is 9.04. The van der Waals surface area contributed by atoms with Gasteiger partial charge in [0.15, 0.2) is 17.3 Å². The second kappa shape index (κ2) is 9.79. The van der Waals surface area contributed by atoms with Crippen molar-refractivity contribution in [3.8, 4) is 11.5 Å². The Morgan fingerprint density at radius 2 is 1.86 bits per heavy atom. The summed E-state index contributed by atoms with van der Waals surface area (Å²) in [5.74, 6) is -0.0793. The van der Waals surface area contributed by atoms with Crippen LogP contribution >= 0.6 is 11.8 Å². The van der Waals surface area contributed by atoms with E-state index in [1.807, 2.05) is 31.2 Å². The fraction of sp³-hybridized carbons (Fsp3) is 0.111. The fourth-order valence-corrected chi connectivity index (χ4v) is 4.53. The Labute approximate surface area is 211 Å². The number of rotatable bonds is 6. The Morgan fingerprint density at radius 1 is 1.08 bits per heavy atom. The lowest BCUT2D eigenvalue weighted by Crippen LogP contribution is -2.35. The number of hydrogen-bond donors (Lipinski definition) is 1. The van der Waals surface area contributed by atoms with Gasteiger partial charge >= 0.3 is 0 Å². The molecule has 0 radical (unpaired) electrons. The van der Waals surface area contributed by atoms with E-state index in [0.717, 1.165) is 11.1 Å². The van der Waals surface area contributed by atoms with Crippen LogP contribution < -0.4 is 9.47 Å². The number of thioether (sulfide) groups is 1. The normalized spacial score (nSPS) is 16.1. The Morgan fingerprint density at radius 3 is 2.61 bits per heavy atom. The van der Waals surface area contributed by atoms with Crippen LogP contribution in [0.5, 0.6) is 11.5 Å². The molecular weight excluding hydrogens is 479 g/mol. The number of aryl methyl sites for hydroxylation is 1. The zero-order chi connectivity index (χ0) is 25.2. The Kier molecular flexibility index (Phi) is 6.39. The van der Waals surface area contributed by atoms with E-state index >= 15 is 0 Å². The van der Waals surface area contributed by atoms with Crippen molar-refractivity contribution < 1.29 is 18.7 Å². The van der Waals surface area contributed by atoms with Crippen LogP contribution in [0.4, 0.5) is 4.39 Å². The summed E-state index contributed by atoms with van der Waals surface area (Å²) in [5.41, 5.74) is 3.17. The van der Waals surface area contributed by atoms with Gasteiger partial charge in [0, 0.05) is 11.1 Å². The zero-order valence-corrected chi connectivity index (χ0v) is 20.3. The maximum Gasteiger partial charge on any atom is 0.283 e. The van der Waals surface area contributed by atoms with E-state index < -0.39 is 5.91 Å². The summed E-state index contributed by atoms with van der Waals surface area (Å²) in [5, 5.41) is 15.5. The van der Waals surface area contributed by atoms with Crippen LogP contribution in [0.2, 0.25) is 0 Å². The third-order valence-corrected chi connectivity index (χ3v) is 6.55. The predicted octanol–water partition coefficient (Wildman–Crippen LogP) is 5.39. The standard InChI is InChI=1S/C27H21FN4O3S/c1-16-7-10-18(11-8-16)26-31-32-24(29)20(25(33)30-27(32)36-26)13-17-9-12-22(23(14-17)34-2)35-15-19-5-3-4-6-21(19)28/h3-14,29H,15H2,1-2H3/b20-13+,29-24?. The van der Waals surface area contributed by atoms with Gasteiger partial charge in [-0.25, -0.2) is 4.39 Å². The highest BCUT2D eigenvalue weighted by Gasteiger charge is 2.36. The zero-order valence-electron chi connectivity index (χ0n) is 19.5. The minimum absolute atomic E-state index is 0.0397. The van der Waals surface area contributed by atoms with Gasteiger partial charge in [-0.3, -0.25) is 10.2 Å². The van der Waals surface area contributed by atoms with Crippen molar-refractivity contribution in [2.24, 2.45) is 10.1 Å². The first-order valence-electron chi connectivity index (χ1n) is 11.0. The lowest BCUT2D eigenvalue weighted by molar-refractivity contribution is -0.114. The summed E-state index contributed by atoms with van der Waals surface area (Å²) in [6.45, 7) is 2.04. The number of amides is 1. The minimum atomic E-state index is -0.516. The molecule has 36 heavy (non-hydrogen) atoms. The van der Waals surface area contributed by atoms with E-state index in [2.05, 4.69) is 10.1 Å². The highest BCUT2D eigenvalue weighted by Crippen LogP contribution is 2.33. The Balaban J connectivity index is 1.38. The van der Waals surface area contributed by atoms with Gasteiger partial charge in [-0.2, -0.15) is 15.1 Å².